The molecule has 0 unspecified atom stereocenters. The van der Waals surface area contributed by atoms with Gasteiger partial charge in [-0.2, -0.15) is 0 Å². The summed E-state index contributed by atoms with van der Waals surface area (Å²) in [4.78, 5) is 30.6. The minimum Gasteiger partial charge on any atom is -0.454 e. The molecule has 10 nitrogen and oxygen atoms in total. The van der Waals surface area contributed by atoms with Crippen molar-refractivity contribution in [2.24, 2.45) is 0 Å². The van der Waals surface area contributed by atoms with Crippen LogP contribution in [0.1, 0.15) is 0 Å². The maximum absolute atomic E-state index is 6.56. The number of furan rings is 1. The van der Waals surface area contributed by atoms with E-state index >= 15 is 0 Å². The third kappa shape index (κ3) is 12.1. The Hall–Kier alpha value is -16.9. The van der Waals surface area contributed by atoms with Crippen molar-refractivity contribution in [1.29, 1.82) is 0 Å². The number of hydrogen-bond donors (Lipinski definition) is 0. The number of rotatable bonds is 9. The fraction of sp³-hybridized carbons (Fsp3) is 0. The number of para-hydroxylation sites is 4. The highest BCUT2D eigenvalue weighted by molar-refractivity contribution is 7.27. The van der Waals surface area contributed by atoms with Gasteiger partial charge in [-0.25, -0.2) is 29.9 Å². The molecule has 28 aromatic rings. The highest BCUT2D eigenvalue weighted by Gasteiger charge is 2.27. The Bertz CT molecular complexity index is 9080. The molecule has 9 aromatic heterocycles. The lowest BCUT2D eigenvalue weighted by Gasteiger charge is -2.14. The summed E-state index contributed by atoms with van der Waals surface area (Å²) in [6, 6.07) is 152. The average molecular weight is 1700 g/mol. The zero-order valence-corrected chi connectivity index (χ0v) is 71.4. The molecule has 12 heteroatoms. The zero-order chi connectivity index (χ0) is 85.4. The molecule has 0 radical (unpaired) electrons. The fourth-order valence-electron chi connectivity index (χ4n) is 19.8. The summed E-state index contributed by atoms with van der Waals surface area (Å²) in [5.41, 5.74) is 23.9. The van der Waals surface area contributed by atoms with Crippen molar-refractivity contribution in [3.8, 4) is 85.0 Å². The SMILES string of the molecule is c1ccc(-c2nc(-c3ccccc3)c3cc(-n4c5ccccc5c5c6ccccc6c6c7ccccc7sc6c54)ccc3n2)cc1.c1ccc(-c2nc(-c3ccccc3)c3cc(-n4c5ccccc5c5ccc6c7ccccc7oc6c54)ccc3n2)cc1.c1ccc(-c2nc(-c3ccccc3)c3cc(-n4c5ccccc5c5ccc6c7ccccc7sc6c54)ccc3n2)cc1. The van der Waals surface area contributed by atoms with Crippen LogP contribution in [0.2, 0.25) is 0 Å². The standard InChI is InChI=1S/C42H25N3S.C38H23N3O.C38H23N3S/c1-3-13-26(14-4-1)39-33-25-28(23-24-34(33)43-42(44-39)27-15-5-2-6-16-27)45-35-21-11-9-19-31(35)37-29-17-7-8-18-30(29)38-32-20-10-12-22-36(32)46-41(38)40(37)45;2*1-3-11-24(12-4-1)35-31-23-26(19-22-32(31)39-38(40-35)25-13-5-2-6-14-25)41-33-17-9-7-15-27(33)29-20-21-30-28-16-8-10-18-34(28)42-37(30)36(29)41/h1-25H;2*1-23H. The summed E-state index contributed by atoms with van der Waals surface area (Å²) in [5, 5.41) is 20.6. The number of nitrogens with zero attached hydrogens (tertiary/aromatic N) is 9. The summed E-state index contributed by atoms with van der Waals surface area (Å²) < 4.78 is 19.0. The highest BCUT2D eigenvalue weighted by Crippen LogP contribution is 2.51. The Labute approximate surface area is 752 Å². The maximum Gasteiger partial charge on any atom is 0.160 e. The number of aromatic nitrogens is 9. The maximum atomic E-state index is 6.56. The van der Waals surface area contributed by atoms with Crippen molar-refractivity contribution < 1.29 is 4.42 Å². The topological polar surface area (TPSA) is 105 Å². The first-order valence-corrected chi connectivity index (χ1v) is 45.3. The molecular formula is C118H71N9OS2. The summed E-state index contributed by atoms with van der Waals surface area (Å²) in [5.74, 6) is 2.18. The van der Waals surface area contributed by atoms with Crippen molar-refractivity contribution in [3.63, 3.8) is 0 Å². The summed E-state index contributed by atoms with van der Waals surface area (Å²) in [7, 11) is 0. The van der Waals surface area contributed by atoms with Crippen LogP contribution in [0.15, 0.2) is 435 Å². The zero-order valence-electron chi connectivity index (χ0n) is 69.7. The summed E-state index contributed by atoms with van der Waals surface area (Å²) >= 11 is 3.76. The molecule has 0 saturated carbocycles. The monoisotopic (exact) mass is 1690 g/mol. The first-order chi connectivity index (χ1) is 64.5. The van der Waals surface area contributed by atoms with Gasteiger partial charge in [0.15, 0.2) is 23.1 Å². The molecule has 0 bridgehead atoms. The normalized spacial score (nSPS) is 11.8. The van der Waals surface area contributed by atoms with E-state index in [1.54, 1.807) is 0 Å². The molecular weight excluding hydrogens is 1620 g/mol. The van der Waals surface area contributed by atoms with Crippen LogP contribution >= 0.6 is 22.7 Å². The van der Waals surface area contributed by atoms with E-state index in [4.69, 9.17) is 34.3 Å². The molecule has 0 amide bonds. The molecule has 0 N–H and O–H groups in total. The Kier molecular flexibility index (Phi) is 17.5. The van der Waals surface area contributed by atoms with E-state index in [0.717, 1.165) is 156 Å². The molecule has 0 fully saturated rings. The van der Waals surface area contributed by atoms with Crippen LogP contribution in [0.3, 0.4) is 0 Å². The lowest BCUT2D eigenvalue weighted by atomic mass is 9.99. The molecule has 0 saturated heterocycles. The van der Waals surface area contributed by atoms with Gasteiger partial charge in [0.25, 0.3) is 0 Å². The lowest BCUT2D eigenvalue weighted by Crippen LogP contribution is -1.98. The van der Waals surface area contributed by atoms with Crippen LogP contribution < -0.4 is 0 Å². The van der Waals surface area contributed by atoms with E-state index in [-0.39, 0.29) is 0 Å². The van der Waals surface area contributed by atoms with Crippen molar-refractivity contribution in [1.82, 2.24) is 43.6 Å². The molecule has 28 rings (SSSR count). The van der Waals surface area contributed by atoms with Crippen LogP contribution in [0, 0.1) is 0 Å². The number of thiophene rings is 2. The molecule has 9 heterocycles. The van der Waals surface area contributed by atoms with Gasteiger partial charge in [-0.15, -0.1) is 22.7 Å². The molecule has 0 spiro atoms. The second-order valence-corrected chi connectivity index (χ2v) is 35.1. The molecule has 0 aliphatic heterocycles. The van der Waals surface area contributed by atoms with Gasteiger partial charge in [-0.3, -0.25) is 0 Å². The highest BCUT2D eigenvalue weighted by atomic mass is 32.1. The molecule has 130 heavy (non-hydrogen) atoms. The van der Waals surface area contributed by atoms with Crippen LogP contribution in [0.25, 0.3) is 256 Å². The number of benzene rings is 19. The van der Waals surface area contributed by atoms with E-state index in [1.165, 1.54) is 100 Å². The first kappa shape index (κ1) is 74.5. The molecule has 19 aromatic carbocycles. The van der Waals surface area contributed by atoms with Gasteiger partial charge in [0, 0.05) is 141 Å². The first-order valence-electron chi connectivity index (χ1n) is 43.7. The van der Waals surface area contributed by atoms with Gasteiger partial charge in [0.1, 0.15) is 5.58 Å². The predicted octanol–water partition coefficient (Wildman–Crippen LogP) is 32.0. The van der Waals surface area contributed by atoms with E-state index < -0.39 is 0 Å². The Morgan fingerprint density at radius 3 is 1.01 bits per heavy atom. The lowest BCUT2D eigenvalue weighted by molar-refractivity contribution is 0.671. The van der Waals surface area contributed by atoms with E-state index in [1.807, 2.05) is 102 Å². The van der Waals surface area contributed by atoms with E-state index in [9.17, 15) is 0 Å². The van der Waals surface area contributed by atoms with E-state index in [2.05, 4.69) is 366 Å². The minimum absolute atomic E-state index is 0.718. The second-order valence-electron chi connectivity index (χ2n) is 33.0. The number of fused-ring (bicyclic) bond motifs is 27. The average Bonchev–Trinajstić information content (AvgIpc) is 1.53. The number of hydrogen-bond acceptors (Lipinski definition) is 9. The van der Waals surface area contributed by atoms with Gasteiger partial charge in [-0.1, -0.05) is 334 Å². The molecule has 606 valence electrons. The van der Waals surface area contributed by atoms with Crippen molar-refractivity contribution in [2.45, 2.75) is 0 Å². The van der Waals surface area contributed by atoms with E-state index in [0.29, 0.717) is 0 Å². The Morgan fingerprint density at radius 2 is 0.531 bits per heavy atom. The van der Waals surface area contributed by atoms with Crippen LogP contribution in [-0.2, 0) is 0 Å². The van der Waals surface area contributed by atoms with Gasteiger partial charge >= 0.3 is 0 Å². The fourth-order valence-corrected chi connectivity index (χ4v) is 22.3. The third-order valence-electron chi connectivity index (χ3n) is 25.6. The Balaban J connectivity index is 0.000000103. The summed E-state index contributed by atoms with van der Waals surface area (Å²) in [6.45, 7) is 0. The predicted molar refractivity (Wildman–Crippen MR) is 545 cm³/mol. The van der Waals surface area contributed by atoms with Gasteiger partial charge in [0.05, 0.1) is 76.1 Å². The van der Waals surface area contributed by atoms with Crippen molar-refractivity contribution >= 4 is 194 Å². The third-order valence-corrected chi connectivity index (χ3v) is 27.9. The van der Waals surface area contributed by atoms with Crippen LogP contribution in [-0.4, -0.2) is 43.6 Å². The largest absolute Gasteiger partial charge is 0.454 e. The van der Waals surface area contributed by atoms with Crippen molar-refractivity contribution in [3.05, 3.63) is 431 Å². The van der Waals surface area contributed by atoms with Crippen LogP contribution in [0.5, 0.6) is 0 Å². The smallest absolute Gasteiger partial charge is 0.160 e. The van der Waals surface area contributed by atoms with Crippen molar-refractivity contribution in [2.75, 3.05) is 0 Å². The molecule has 0 aliphatic rings. The molecule has 0 aliphatic carbocycles. The van der Waals surface area contributed by atoms with Gasteiger partial charge in [0.2, 0.25) is 0 Å². The quantitative estimate of drug-likeness (QED) is 0.142. The van der Waals surface area contributed by atoms with Crippen LogP contribution in [0.4, 0.5) is 0 Å². The second kappa shape index (κ2) is 30.5. The molecule has 0 atom stereocenters. The van der Waals surface area contributed by atoms with Gasteiger partial charge < -0.3 is 18.1 Å². The Morgan fingerprint density at radius 1 is 0.200 bits per heavy atom. The summed E-state index contributed by atoms with van der Waals surface area (Å²) in [6.07, 6.45) is 0. The van der Waals surface area contributed by atoms with Gasteiger partial charge in [-0.05, 0) is 108 Å². The minimum atomic E-state index is 0.718.